The Morgan fingerprint density at radius 3 is 2.50 bits per heavy atom. The van der Waals surface area contributed by atoms with Crippen molar-refractivity contribution in [3.8, 4) is 0 Å². The predicted octanol–water partition coefficient (Wildman–Crippen LogP) is 4.52. The third-order valence-corrected chi connectivity index (χ3v) is 5.73. The van der Waals surface area contributed by atoms with E-state index in [1.54, 1.807) is 6.07 Å². The van der Waals surface area contributed by atoms with Gasteiger partial charge >= 0.3 is 5.97 Å². The number of hydrogen-bond donors (Lipinski definition) is 1. The number of esters is 1. The van der Waals surface area contributed by atoms with Crippen molar-refractivity contribution in [1.82, 2.24) is 10.2 Å². The first-order valence-electron chi connectivity index (χ1n) is 10.6. The van der Waals surface area contributed by atoms with Crippen LogP contribution in [0.1, 0.15) is 37.8 Å². The number of nitrogens with zero attached hydrogens (tertiary/aromatic N) is 2. The fourth-order valence-electron chi connectivity index (χ4n) is 3.95. The molecule has 7 nitrogen and oxygen atoms in total. The van der Waals surface area contributed by atoms with E-state index in [-0.39, 0.29) is 12.3 Å². The van der Waals surface area contributed by atoms with Gasteiger partial charge in [-0.1, -0.05) is 42.5 Å². The fourth-order valence-corrected chi connectivity index (χ4v) is 3.95. The Kier molecular flexibility index (Phi) is 7.43. The van der Waals surface area contributed by atoms with Gasteiger partial charge in [0.25, 0.3) is 5.69 Å². The molecule has 0 aromatic heterocycles. The van der Waals surface area contributed by atoms with Crippen LogP contribution >= 0.6 is 0 Å². The Balaban J connectivity index is 1.73. The fraction of sp³-hybridized carbons (Fsp3) is 0.320. The summed E-state index contributed by atoms with van der Waals surface area (Å²) in [5.41, 5.74) is 4.94. The Labute approximate surface area is 188 Å². The molecule has 0 amide bonds. The van der Waals surface area contributed by atoms with Gasteiger partial charge in [-0.15, -0.1) is 0 Å². The quantitative estimate of drug-likeness (QED) is 0.373. The van der Waals surface area contributed by atoms with Gasteiger partial charge in [0.2, 0.25) is 0 Å². The minimum absolute atomic E-state index is 0.000562. The van der Waals surface area contributed by atoms with Crippen LogP contribution in [0.3, 0.4) is 0 Å². The van der Waals surface area contributed by atoms with E-state index in [1.807, 2.05) is 52.1 Å². The van der Waals surface area contributed by atoms with Gasteiger partial charge in [0.1, 0.15) is 6.61 Å². The van der Waals surface area contributed by atoms with Crippen molar-refractivity contribution >= 4 is 11.7 Å². The van der Waals surface area contributed by atoms with Crippen molar-refractivity contribution in [2.75, 3.05) is 20.2 Å². The van der Waals surface area contributed by atoms with Gasteiger partial charge in [-0.3, -0.25) is 15.0 Å². The topological polar surface area (TPSA) is 84.7 Å². The van der Waals surface area contributed by atoms with E-state index in [1.165, 1.54) is 17.7 Å². The molecular formula is C25H29N3O4. The monoisotopic (exact) mass is 435 g/mol. The van der Waals surface area contributed by atoms with E-state index < -0.39 is 16.8 Å². The smallest absolute Gasteiger partial charge is 0.336 e. The van der Waals surface area contributed by atoms with E-state index in [9.17, 15) is 14.9 Å². The van der Waals surface area contributed by atoms with Crippen LogP contribution in [0.25, 0.3) is 0 Å². The van der Waals surface area contributed by atoms with Crippen molar-refractivity contribution in [1.29, 1.82) is 0 Å². The number of nitro groups is 1. The first-order valence-corrected chi connectivity index (χ1v) is 10.6. The number of rotatable bonds is 8. The number of carbonyl (C=O) groups excluding carboxylic acids is 1. The lowest BCUT2D eigenvalue weighted by Crippen LogP contribution is -2.30. The van der Waals surface area contributed by atoms with Gasteiger partial charge in [-0.2, -0.15) is 0 Å². The molecule has 0 aliphatic carbocycles. The lowest BCUT2D eigenvalue weighted by atomic mass is 9.81. The van der Waals surface area contributed by atoms with Crippen LogP contribution in [-0.4, -0.2) is 36.0 Å². The molecule has 0 radical (unpaired) electrons. The van der Waals surface area contributed by atoms with Gasteiger partial charge in [-0.25, -0.2) is 4.79 Å². The van der Waals surface area contributed by atoms with Gasteiger partial charge in [0.05, 0.1) is 10.5 Å². The minimum atomic E-state index is -0.423. The molecule has 1 N–H and O–H groups in total. The molecule has 0 saturated carbocycles. The largest absolute Gasteiger partial charge is 0.461 e. The molecule has 7 heteroatoms. The summed E-state index contributed by atoms with van der Waals surface area (Å²) in [5.74, 6) is -0.808. The highest BCUT2D eigenvalue weighted by molar-refractivity contribution is 5.92. The zero-order valence-corrected chi connectivity index (χ0v) is 18.9. The van der Waals surface area contributed by atoms with E-state index in [4.69, 9.17) is 4.74 Å². The highest BCUT2D eigenvalue weighted by Crippen LogP contribution is 2.39. The van der Waals surface area contributed by atoms with Crippen LogP contribution in [0.2, 0.25) is 0 Å². The molecule has 3 rings (SSSR count). The number of ether oxygens (including phenoxy) is 1. The normalized spacial score (nSPS) is 16.2. The third-order valence-electron chi connectivity index (χ3n) is 5.73. The first-order chi connectivity index (χ1) is 15.3. The van der Waals surface area contributed by atoms with Gasteiger partial charge in [0.15, 0.2) is 0 Å². The molecule has 0 saturated heterocycles. The molecule has 32 heavy (non-hydrogen) atoms. The average Bonchev–Trinajstić information content (AvgIpc) is 2.76. The van der Waals surface area contributed by atoms with E-state index in [0.717, 1.165) is 17.8 Å². The summed E-state index contributed by atoms with van der Waals surface area (Å²) in [7, 11) is 1.98. The Bertz CT molecular complexity index is 1060. The standard InChI is InChI=1S/C25H29N3O4/c1-17-18(2)26-19(3)24(23(17)21-11-8-12-22(15-21)28(30)31)25(29)32-14-13-27(4)16-20-9-6-5-7-10-20/h5-12,15,23,26H,13-14,16H2,1-4H3. The Hall–Kier alpha value is -3.45. The molecule has 1 aliphatic rings. The molecule has 1 heterocycles. The second kappa shape index (κ2) is 10.2. The SMILES string of the molecule is CC1=C(C)C(c2cccc([N+](=O)[O-])c2)C(C(=O)OCCN(C)Cc2ccccc2)=C(C)N1. The molecule has 1 atom stereocenters. The van der Waals surface area contributed by atoms with Crippen LogP contribution < -0.4 is 5.32 Å². The second-order valence-corrected chi connectivity index (χ2v) is 8.12. The van der Waals surface area contributed by atoms with E-state index in [2.05, 4.69) is 22.3 Å². The zero-order valence-electron chi connectivity index (χ0n) is 18.9. The van der Waals surface area contributed by atoms with Gasteiger partial charge in [0, 0.05) is 42.5 Å². The van der Waals surface area contributed by atoms with Crippen molar-refractivity contribution in [2.24, 2.45) is 0 Å². The van der Waals surface area contributed by atoms with E-state index in [0.29, 0.717) is 23.4 Å². The van der Waals surface area contributed by atoms with Crippen molar-refractivity contribution in [2.45, 2.75) is 33.2 Å². The molecule has 168 valence electrons. The average molecular weight is 436 g/mol. The molecule has 0 bridgehead atoms. The summed E-state index contributed by atoms with van der Waals surface area (Å²) < 4.78 is 5.64. The minimum Gasteiger partial charge on any atom is -0.461 e. The van der Waals surface area contributed by atoms with Crippen molar-refractivity contribution in [3.05, 3.63) is 98.4 Å². The maximum absolute atomic E-state index is 13.1. The molecular weight excluding hydrogens is 406 g/mol. The summed E-state index contributed by atoms with van der Waals surface area (Å²) in [6.45, 7) is 7.30. The number of nitro benzene ring substituents is 1. The number of benzene rings is 2. The number of likely N-dealkylation sites (N-methyl/N-ethyl adjacent to an activating group) is 1. The predicted molar refractivity (Wildman–Crippen MR) is 124 cm³/mol. The Morgan fingerprint density at radius 2 is 1.81 bits per heavy atom. The third kappa shape index (κ3) is 5.42. The van der Waals surface area contributed by atoms with Crippen LogP contribution in [0.15, 0.2) is 77.1 Å². The molecule has 2 aromatic rings. The number of allylic oxidation sites excluding steroid dienone is 3. The van der Waals surface area contributed by atoms with Crippen LogP contribution in [0, 0.1) is 10.1 Å². The molecule has 0 fully saturated rings. The first kappa shape index (κ1) is 23.2. The van der Waals surface area contributed by atoms with E-state index >= 15 is 0 Å². The number of non-ortho nitro benzene ring substituents is 1. The Morgan fingerprint density at radius 1 is 1.09 bits per heavy atom. The number of dihydropyridines is 1. The molecule has 1 unspecified atom stereocenters. The zero-order chi connectivity index (χ0) is 23.3. The molecule has 1 aliphatic heterocycles. The van der Waals surface area contributed by atoms with Gasteiger partial charge in [-0.05, 0) is 44.5 Å². The van der Waals surface area contributed by atoms with Crippen LogP contribution in [0.4, 0.5) is 5.69 Å². The number of nitrogens with one attached hydrogen (secondary N) is 1. The maximum atomic E-state index is 13.1. The molecule has 2 aromatic carbocycles. The van der Waals surface area contributed by atoms with Crippen molar-refractivity contribution in [3.63, 3.8) is 0 Å². The summed E-state index contributed by atoms with van der Waals surface area (Å²) in [5, 5.41) is 14.5. The summed E-state index contributed by atoms with van der Waals surface area (Å²) >= 11 is 0. The summed E-state index contributed by atoms with van der Waals surface area (Å²) in [4.78, 5) is 26.0. The van der Waals surface area contributed by atoms with Crippen LogP contribution in [0.5, 0.6) is 0 Å². The molecule has 0 spiro atoms. The van der Waals surface area contributed by atoms with Crippen LogP contribution in [-0.2, 0) is 16.1 Å². The highest BCUT2D eigenvalue weighted by atomic mass is 16.6. The summed E-state index contributed by atoms with van der Waals surface area (Å²) in [6, 6.07) is 16.5. The number of hydrogen-bond acceptors (Lipinski definition) is 6. The second-order valence-electron chi connectivity index (χ2n) is 8.12. The summed E-state index contributed by atoms with van der Waals surface area (Å²) in [6.07, 6.45) is 0. The maximum Gasteiger partial charge on any atom is 0.336 e. The van der Waals surface area contributed by atoms with Crippen molar-refractivity contribution < 1.29 is 14.5 Å². The highest BCUT2D eigenvalue weighted by Gasteiger charge is 2.32. The van der Waals surface area contributed by atoms with Gasteiger partial charge < -0.3 is 10.1 Å². The lowest BCUT2D eigenvalue weighted by Gasteiger charge is -2.30. The number of carbonyl (C=O) groups is 1. The lowest BCUT2D eigenvalue weighted by molar-refractivity contribution is -0.384.